The molecule has 0 bridgehead atoms. The van der Waals surface area contributed by atoms with Crippen LogP contribution in [0.1, 0.15) is 62.3 Å². The summed E-state index contributed by atoms with van der Waals surface area (Å²) in [5, 5.41) is 188. The van der Waals surface area contributed by atoms with Gasteiger partial charge in [-0.05, 0) is 124 Å². The van der Waals surface area contributed by atoms with Crippen LogP contribution in [0.3, 0.4) is 0 Å². The monoisotopic (exact) mass is 1740 g/mol. The van der Waals surface area contributed by atoms with Crippen molar-refractivity contribution in [3.05, 3.63) is 126 Å². The Hall–Kier alpha value is -8.49. The Balaban J connectivity index is 0.000000209. The number of carbonyl (C=O) groups is 5. The lowest BCUT2D eigenvalue weighted by Gasteiger charge is -2.42. The van der Waals surface area contributed by atoms with E-state index in [1.165, 1.54) is 78.1 Å². The molecule has 6 aliphatic rings. The Morgan fingerprint density at radius 2 is 0.628 bits per heavy atom. The SMILES string of the molecule is CC(=O)NC1C(Oc2ccc(B(O)O)cc2)OC(CO)C(O)C1O.CC(=O)NC1C(Oc2ccc(Cl)cc2)OC(CO)C(O)C1O.CC(=O)N[C@@H]1C(Oc2ccc(B3OC(C)(C)C(C)(C)O3)cc2)OC(CO)C(O)C1O.CC(=O)N[C@@H]1C(Oc2ccccc2O)OC(CO)C(O)C1O.COc1ccc(OC2OC(CO)C(O)C(O)C2NC(C)=O)cc1. The van der Waals surface area contributed by atoms with Gasteiger partial charge in [-0.15, -0.1) is 0 Å². The number of rotatable bonds is 23. The number of hydrogen-bond acceptors (Lipinski definition) is 36. The molecule has 6 fully saturated rings. The van der Waals surface area contributed by atoms with Crippen LogP contribution in [0.25, 0.3) is 0 Å². The van der Waals surface area contributed by atoms with Crippen LogP contribution in [0.2, 0.25) is 5.02 Å². The van der Waals surface area contributed by atoms with Crippen molar-refractivity contribution in [2.75, 3.05) is 40.1 Å². The molecule has 23 N–H and O–H groups in total. The number of nitrogens with one attached hydrogen (secondary N) is 5. The quantitative estimate of drug-likeness (QED) is 0.0270. The molecule has 6 heterocycles. The van der Waals surface area contributed by atoms with E-state index < -0.39 is 241 Å². The second kappa shape index (κ2) is 45.8. The van der Waals surface area contributed by atoms with Crippen molar-refractivity contribution < 1.29 is 177 Å². The van der Waals surface area contributed by atoms with Crippen molar-refractivity contribution in [1.82, 2.24) is 26.6 Å². The molecule has 0 aliphatic carbocycles. The number of benzene rings is 5. The van der Waals surface area contributed by atoms with Crippen LogP contribution in [0.5, 0.6) is 40.2 Å². The van der Waals surface area contributed by atoms with Crippen LogP contribution in [-0.2, 0) is 57.0 Å². The highest BCUT2D eigenvalue weighted by Gasteiger charge is 2.54. The number of hydrogen-bond donors (Lipinski definition) is 23. The van der Waals surface area contributed by atoms with Gasteiger partial charge in [0, 0.05) is 39.6 Å². The van der Waals surface area contributed by atoms with Gasteiger partial charge in [0.1, 0.15) is 151 Å². The van der Waals surface area contributed by atoms with Gasteiger partial charge < -0.3 is 180 Å². The largest absolute Gasteiger partial charge is 0.504 e. The van der Waals surface area contributed by atoms with E-state index in [1.807, 2.05) is 27.7 Å². The number of halogens is 1. The minimum Gasteiger partial charge on any atom is -0.504 e. The number of aliphatic hydroxyl groups excluding tert-OH is 15. The van der Waals surface area contributed by atoms with E-state index in [2.05, 4.69) is 26.6 Å². The minimum atomic E-state index is -1.62. The molecule has 41 nitrogen and oxygen atoms in total. The Labute approximate surface area is 700 Å². The van der Waals surface area contributed by atoms with Gasteiger partial charge in [-0.1, -0.05) is 48.0 Å². The minimum absolute atomic E-state index is 0.0862. The van der Waals surface area contributed by atoms with Crippen molar-refractivity contribution in [3.63, 3.8) is 0 Å². The van der Waals surface area contributed by atoms with Gasteiger partial charge in [0.25, 0.3) is 0 Å². The third kappa shape index (κ3) is 27.3. The molecule has 121 heavy (non-hydrogen) atoms. The van der Waals surface area contributed by atoms with Crippen LogP contribution in [0, 0.1) is 0 Å². The third-order valence-electron chi connectivity index (χ3n) is 19.8. The maximum Gasteiger partial charge on any atom is 0.494 e. The van der Waals surface area contributed by atoms with Crippen molar-refractivity contribution in [2.24, 2.45) is 0 Å². The van der Waals surface area contributed by atoms with E-state index in [1.54, 1.807) is 84.9 Å². The molecule has 0 aromatic heterocycles. The number of amides is 5. The Kier molecular flexibility index (Phi) is 37.7. The van der Waals surface area contributed by atoms with Gasteiger partial charge in [-0.25, -0.2) is 0 Å². The van der Waals surface area contributed by atoms with Crippen LogP contribution in [-0.4, -0.2) is 340 Å². The fraction of sp³-hybridized carbons (Fsp3) is 0.545. The lowest BCUT2D eigenvalue weighted by atomic mass is 9.79. The van der Waals surface area contributed by atoms with Crippen molar-refractivity contribution >= 4 is 66.3 Å². The van der Waals surface area contributed by atoms with Crippen LogP contribution in [0.4, 0.5) is 0 Å². The summed E-state index contributed by atoms with van der Waals surface area (Å²) < 4.78 is 72.5. The summed E-state index contributed by atoms with van der Waals surface area (Å²) >= 11 is 5.79. The number of aromatic hydroxyl groups is 1. The van der Waals surface area contributed by atoms with Gasteiger partial charge in [-0.2, -0.15) is 0 Å². The molecule has 23 unspecified atom stereocenters. The summed E-state index contributed by atoms with van der Waals surface area (Å²) in [5.74, 6) is -0.0316. The normalized spacial score (nSPS) is 31.3. The molecule has 6 aliphatic heterocycles. The van der Waals surface area contributed by atoms with Gasteiger partial charge in [0.05, 0.1) is 51.3 Å². The fourth-order valence-electron chi connectivity index (χ4n) is 12.6. The Bertz CT molecular complexity index is 4030. The number of para-hydroxylation sites is 2. The van der Waals surface area contributed by atoms with Crippen LogP contribution < -0.4 is 65.9 Å². The first-order chi connectivity index (χ1) is 57.1. The topological polar surface area (TPSA) is 630 Å². The second-order valence-electron chi connectivity index (χ2n) is 29.5. The predicted octanol–water partition coefficient (Wildman–Crippen LogP) is -6.61. The van der Waals surface area contributed by atoms with E-state index in [-0.39, 0.29) is 22.7 Å². The Morgan fingerprint density at radius 1 is 0.380 bits per heavy atom. The summed E-state index contributed by atoms with van der Waals surface area (Å²) in [7, 11) is -0.595. The maximum atomic E-state index is 11.5. The molecule has 5 aromatic carbocycles. The molecular formula is C77H108B2ClN5O36. The highest BCUT2D eigenvalue weighted by atomic mass is 35.5. The summed E-state index contributed by atoms with van der Waals surface area (Å²) in [6.07, 6.45) is -24.5. The first-order valence-corrected chi connectivity index (χ1v) is 38.4. The maximum absolute atomic E-state index is 11.5. The van der Waals surface area contributed by atoms with Gasteiger partial charge in [-0.3, -0.25) is 24.0 Å². The Morgan fingerprint density at radius 3 is 0.884 bits per heavy atom. The van der Waals surface area contributed by atoms with Gasteiger partial charge in [0.2, 0.25) is 61.0 Å². The lowest BCUT2D eigenvalue weighted by molar-refractivity contribution is -0.244. The average Bonchev–Trinajstić information content (AvgIpc) is 1.63. The first kappa shape index (κ1) is 99.6. The van der Waals surface area contributed by atoms with Crippen LogP contribution in [0.15, 0.2) is 121 Å². The highest BCUT2D eigenvalue weighted by molar-refractivity contribution is 6.62. The predicted molar refractivity (Wildman–Crippen MR) is 421 cm³/mol. The number of carbonyl (C=O) groups excluding carboxylic acids is 5. The summed E-state index contributed by atoms with van der Waals surface area (Å²) in [6, 6.07) is 26.8. The number of aliphatic hydroxyl groups is 15. The number of phenols is 1. The lowest BCUT2D eigenvalue weighted by Crippen LogP contribution is -2.65. The smallest absolute Gasteiger partial charge is 0.494 e. The molecule has 25 atom stereocenters. The van der Waals surface area contributed by atoms with E-state index in [4.69, 9.17) is 83.1 Å². The van der Waals surface area contributed by atoms with Gasteiger partial charge in [0.15, 0.2) is 11.5 Å². The molecule has 6 saturated heterocycles. The summed E-state index contributed by atoms with van der Waals surface area (Å²) in [4.78, 5) is 56.7. The fourth-order valence-corrected chi connectivity index (χ4v) is 12.8. The zero-order valence-corrected chi connectivity index (χ0v) is 68.2. The molecule has 5 amide bonds. The average molecular weight is 1740 g/mol. The summed E-state index contributed by atoms with van der Waals surface area (Å²) in [5.41, 5.74) is 0.164. The molecule has 11 rings (SSSR count). The second-order valence-corrected chi connectivity index (χ2v) is 29.9. The zero-order chi connectivity index (χ0) is 89.7. The molecule has 0 saturated carbocycles. The van der Waals surface area contributed by atoms with E-state index in [9.17, 15) is 106 Å². The first-order valence-electron chi connectivity index (χ1n) is 38.0. The highest BCUT2D eigenvalue weighted by Crippen LogP contribution is 2.38. The van der Waals surface area contributed by atoms with Gasteiger partial charge >= 0.3 is 14.2 Å². The van der Waals surface area contributed by atoms with E-state index in [0.717, 1.165) is 5.46 Å². The zero-order valence-electron chi connectivity index (χ0n) is 67.4. The van der Waals surface area contributed by atoms with Crippen molar-refractivity contribution in [3.8, 4) is 40.2 Å². The van der Waals surface area contributed by atoms with E-state index >= 15 is 0 Å². The number of phenolic OH excluding ortho intramolecular Hbond substituents is 1. The molecule has 0 spiro atoms. The third-order valence-corrected chi connectivity index (χ3v) is 20.1. The number of methoxy groups -OCH3 is 1. The molecular weight excluding hydrogens is 1630 g/mol. The molecule has 0 radical (unpaired) electrons. The van der Waals surface area contributed by atoms with Crippen LogP contribution >= 0.6 is 11.6 Å². The summed E-state index contributed by atoms with van der Waals surface area (Å²) in [6.45, 7) is 11.7. The van der Waals surface area contributed by atoms with Crippen molar-refractivity contribution in [2.45, 2.75) is 227 Å². The molecule has 44 heteroatoms. The molecule has 670 valence electrons. The van der Waals surface area contributed by atoms with E-state index in [0.29, 0.717) is 28.0 Å². The standard InChI is InChI=1S/C20H30BNO8.C15H21NO7.C14H20BNO8.C14H18ClNO6.C14H19NO7/c1-11(24)22-15-17(26)16(25)14(10-23)28-18(15)27-13-8-6-12(7-9-13)21-29-19(2,3)20(4,5)30-21;1-8(18)16-12-14(20)13(19)11(7-17)23-15(12)22-10-5-3-9(21-2)4-6-10;1-7(18)16-11-13(20)12(19)10(6-17)24-14(11)23-9-4-2-8(3-5-9)15(21)22;1-7(18)16-11-13(20)12(19)10(6-17)22-14(11)21-9-4-2-8(15)3-5-9;1-7(17)15-11-13(20)12(19)10(6-16)22-14(11)21-9-5-3-2-4-8(9)18/h6-9,14-18,23,25-26H,10H2,1-5H3,(H,22,24);3-6,11-15,17,19-20H,7H2,1-2H3,(H,16,18);2-5,10-14,17,19-22H,6H2,1H3,(H,16,18);2-5,10-14,17,19-20H,6H2,1H3,(H,16,18);2-5,10-14,16,18-20H,6H2,1H3,(H,15,17)/t14?,15-,16?,17?,18?;;;;10?,11-,12?,13?,14?/m0...0/s1. The number of ether oxygens (including phenoxy) is 11. The molecule has 5 aromatic rings. The van der Waals surface area contributed by atoms with Crippen molar-refractivity contribution in [1.29, 1.82) is 0 Å².